The third-order valence-corrected chi connectivity index (χ3v) is 12.1. The lowest BCUT2D eigenvalue weighted by molar-refractivity contribution is -0.136. The number of amides is 7. The second-order valence-corrected chi connectivity index (χ2v) is 15.7. The van der Waals surface area contributed by atoms with E-state index >= 15 is 0 Å². The maximum Gasteiger partial charge on any atom is 0.320 e. The average molecular weight is 792 g/mol. The van der Waals surface area contributed by atoms with Crippen molar-refractivity contribution >= 4 is 58.6 Å². The van der Waals surface area contributed by atoms with Gasteiger partial charge in [0.25, 0.3) is 17.7 Å². The highest BCUT2D eigenvalue weighted by atomic mass is 16.2. The van der Waals surface area contributed by atoms with Crippen LogP contribution in [-0.4, -0.2) is 137 Å². The standard InChI is InChI=1S/C41H49N11O6/c1-48-21-22-51(41(48)58)28-5-3-18-50(24-28)32-23-44-35(36(42)54)37(46-32)45-27-10-8-25(9-11-27)26-14-19-49(20-15-26)17-4-16-43-30-7-2-6-29-34(30)40(57)52(39(29)56)31-12-13-33(53)47-38(31)55/h2,6-11,23,26,28,31,43H,3-5,12-22,24H2,1H3,(H2,42,54)(H,45,46)(H,47,53,55)/t28-,31?/m1/s1. The van der Waals surface area contributed by atoms with Crippen LogP contribution in [0.15, 0.2) is 48.7 Å². The minimum absolute atomic E-state index is 0.0551. The summed E-state index contributed by atoms with van der Waals surface area (Å²) in [6.07, 6.45) is 6.47. The highest BCUT2D eigenvalue weighted by molar-refractivity contribution is 6.25. The number of hydrogen-bond donors (Lipinski definition) is 4. The van der Waals surface area contributed by atoms with E-state index in [0.29, 0.717) is 42.9 Å². The van der Waals surface area contributed by atoms with Gasteiger partial charge in [-0.15, -0.1) is 0 Å². The molecule has 2 aromatic carbocycles. The van der Waals surface area contributed by atoms with Gasteiger partial charge in [0.05, 0.1) is 23.4 Å². The highest BCUT2D eigenvalue weighted by Crippen LogP contribution is 2.34. The fraction of sp³-hybridized carbons (Fsp3) is 0.463. The van der Waals surface area contributed by atoms with E-state index in [9.17, 15) is 28.8 Å². The van der Waals surface area contributed by atoms with Crippen molar-refractivity contribution in [3.8, 4) is 0 Å². The Labute approximate surface area is 336 Å². The molecule has 0 saturated carbocycles. The van der Waals surface area contributed by atoms with Crippen LogP contribution in [0.5, 0.6) is 0 Å². The highest BCUT2D eigenvalue weighted by Gasteiger charge is 2.45. The first kappa shape index (κ1) is 38.8. The van der Waals surface area contributed by atoms with Gasteiger partial charge in [0.15, 0.2) is 11.5 Å². The Morgan fingerprint density at radius 2 is 1.72 bits per heavy atom. The first-order chi connectivity index (χ1) is 28.0. The zero-order valence-electron chi connectivity index (χ0n) is 32.6. The van der Waals surface area contributed by atoms with E-state index in [0.717, 1.165) is 75.4 Å². The second-order valence-electron chi connectivity index (χ2n) is 15.7. The zero-order chi connectivity index (χ0) is 40.5. The number of imide groups is 2. The van der Waals surface area contributed by atoms with E-state index in [4.69, 9.17) is 10.7 Å². The zero-order valence-corrected chi connectivity index (χ0v) is 32.6. The number of nitrogens with two attached hydrogens (primary N) is 1. The third-order valence-electron chi connectivity index (χ3n) is 12.1. The van der Waals surface area contributed by atoms with Gasteiger partial charge in [-0.1, -0.05) is 18.2 Å². The number of rotatable bonds is 12. The molecule has 4 saturated heterocycles. The molecule has 6 heterocycles. The average Bonchev–Trinajstić information content (AvgIpc) is 3.70. The van der Waals surface area contributed by atoms with Crippen molar-refractivity contribution in [3.05, 3.63) is 71.0 Å². The van der Waals surface area contributed by atoms with Crippen molar-refractivity contribution in [2.75, 3.05) is 74.9 Å². The number of likely N-dealkylation sites (tertiary alicyclic amines) is 1. The summed E-state index contributed by atoms with van der Waals surface area (Å²) >= 11 is 0. The fourth-order valence-corrected chi connectivity index (χ4v) is 8.88. The SMILES string of the molecule is CN1CCN([C@@H]2CCCN(c3cnc(C(N)=O)c(Nc4ccc(C5CCN(CCCNc6cccc7c6C(=O)N(C6CCC(=O)NC6=O)C7=O)CC5)cc4)n3)C2)C1=O. The van der Waals surface area contributed by atoms with Gasteiger partial charge in [0.1, 0.15) is 11.9 Å². The molecule has 5 N–H and O–H groups in total. The molecule has 5 aliphatic heterocycles. The fourth-order valence-electron chi connectivity index (χ4n) is 8.88. The number of nitrogens with zero attached hydrogens (tertiary/aromatic N) is 7. The van der Waals surface area contributed by atoms with Crippen LogP contribution < -0.4 is 26.6 Å². The molecule has 1 unspecified atom stereocenters. The molecule has 17 heteroatoms. The molecule has 0 radical (unpaired) electrons. The maximum absolute atomic E-state index is 13.4. The van der Waals surface area contributed by atoms with Crippen LogP contribution in [0.3, 0.4) is 0 Å². The summed E-state index contributed by atoms with van der Waals surface area (Å²) in [6.45, 7) is 6.23. The number of nitrogens with one attached hydrogen (secondary N) is 3. The van der Waals surface area contributed by atoms with Gasteiger partial charge in [-0.25, -0.2) is 14.8 Å². The molecule has 5 aliphatic rings. The number of aromatic nitrogens is 2. The van der Waals surface area contributed by atoms with E-state index in [1.165, 1.54) is 5.56 Å². The summed E-state index contributed by atoms with van der Waals surface area (Å²) < 4.78 is 0. The molecule has 1 aromatic heterocycles. The predicted octanol–water partition coefficient (Wildman–Crippen LogP) is 2.74. The Bertz CT molecular complexity index is 2120. The molecule has 304 valence electrons. The summed E-state index contributed by atoms with van der Waals surface area (Å²) in [5.41, 5.74) is 8.86. The number of piperidine rings is 3. The largest absolute Gasteiger partial charge is 0.384 e. The summed E-state index contributed by atoms with van der Waals surface area (Å²) in [4.78, 5) is 94.1. The number of anilines is 4. The van der Waals surface area contributed by atoms with Gasteiger partial charge >= 0.3 is 6.03 Å². The summed E-state index contributed by atoms with van der Waals surface area (Å²) in [6, 6.07) is 12.4. The number of carbonyl (C=O) groups is 6. The van der Waals surface area contributed by atoms with E-state index in [1.807, 2.05) is 24.1 Å². The molecule has 7 amide bonds. The molecule has 58 heavy (non-hydrogen) atoms. The van der Waals surface area contributed by atoms with Gasteiger partial charge < -0.3 is 36.0 Å². The second kappa shape index (κ2) is 16.4. The quantitative estimate of drug-likeness (QED) is 0.154. The first-order valence-electron chi connectivity index (χ1n) is 20.2. The van der Waals surface area contributed by atoms with Crippen LogP contribution in [0.4, 0.5) is 27.8 Å². The Balaban J connectivity index is 0.819. The predicted molar refractivity (Wildman–Crippen MR) is 215 cm³/mol. The topological polar surface area (TPSA) is 207 Å². The van der Waals surface area contributed by atoms with Crippen molar-refractivity contribution in [2.24, 2.45) is 5.73 Å². The van der Waals surface area contributed by atoms with E-state index in [2.05, 4.69) is 42.9 Å². The number of fused-ring (bicyclic) bond motifs is 1. The van der Waals surface area contributed by atoms with E-state index in [1.54, 1.807) is 29.3 Å². The minimum Gasteiger partial charge on any atom is -0.384 e. The van der Waals surface area contributed by atoms with Gasteiger partial charge in [-0.05, 0) is 93.9 Å². The number of hydrogen-bond acceptors (Lipinski definition) is 12. The molecule has 0 spiro atoms. The Morgan fingerprint density at radius 3 is 2.45 bits per heavy atom. The number of primary amides is 1. The molecule has 0 aliphatic carbocycles. The normalized spacial score (nSPS) is 21.8. The monoisotopic (exact) mass is 791 g/mol. The van der Waals surface area contributed by atoms with Gasteiger partial charge in [0.2, 0.25) is 11.8 Å². The van der Waals surface area contributed by atoms with Crippen LogP contribution in [0, 0.1) is 0 Å². The smallest absolute Gasteiger partial charge is 0.320 e. The van der Waals surface area contributed by atoms with Gasteiger partial charge in [-0.2, -0.15) is 0 Å². The molecule has 8 rings (SSSR count). The van der Waals surface area contributed by atoms with Crippen molar-refractivity contribution in [2.45, 2.75) is 62.9 Å². The third kappa shape index (κ3) is 7.77. The van der Waals surface area contributed by atoms with Crippen LogP contribution in [0.1, 0.15) is 87.6 Å². The van der Waals surface area contributed by atoms with E-state index < -0.39 is 35.6 Å². The van der Waals surface area contributed by atoms with Crippen molar-refractivity contribution in [1.82, 2.24) is 34.9 Å². The molecular formula is C41H49N11O6. The summed E-state index contributed by atoms with van der Waals surface area (Å²) in [7, 11) is 1.83. The Kier molecular flexibility index (Phi) is 11.0. The number of likely N-dealkylation sites (N-methyl/N-ethyl adjacent to an activating group) is 1. The van der Waals surface area contributed by atoms with Crippen LogP contribution in [0.25, 0.3) is 0 Å². The number of benzene rings is 2. The lowest BCUT2D eigenvalue weighted by Crippen LogP contribution is -2.54. The molecule has 3 aromatic rings. The van der Waals surface area contributed by atoms with Crippen LogP contribution in [-0.2, 0) is 9.59 Å². The van der Waals surface area contributed by atoms with Crippen LogP contribution in [0.2, 0.25) is 0 Å². The van der Waals surface area contributed by atoms with Gasteiger partial charge in [-0.3, -0.25) is 34.2 Å². The summed E-state index contributed by atoms with van der Waals surface area (Å²) in [5.74, 6) is -1.40. The van der Waals surface area contributed by atoms with E-state index in [-0.39, 0.29) is 41.7 Å². The molecular weight excluding hydrogens is 743 g/mol. The van der Waals surface area contributed by atoms with Crippen molar-refractivity contribution in [1.29, 1.82) is 0 Å². The number of carbonyl (C=O) groups excluding carboxylic acids is 6. The lowest BCUT2D eigenvalue weighted by atomic mass is 9.89. The molecule has 17 nitrogen and oxygen atoms in total. The maximum atomic E-state index is 13.4. The van der Waals surface area contributed by atoms with Crippen LogP contribution >= 0.6 is 0 Å². The number of urea groups is 1. The Morgan fingerprint density at radius 1 is 0.931 bits per heavy atom. The minimum atomic E-state index is -0.998. The first-order valence-corrected chi connectivity index (χ1v) is 20.2. The molecule has 4 fully saturated rings. The molecule has 0 bridgehead atoms. The Hall–Kier alpha value is -6.10. The molecule has 2 atom stereocenters. The van der Waals surface area contributed by atoms with Gasteiger partial charge in [0, 0.05) is 57.6 Å². The van der Waals surface area contributed by atoms with Crippen molar-refractivity contribution in [3.63, 3.8) is 0 Å². The lowest BCUT2D eigenvalue weighted by Gasteiger charge is -2.37. The summed E-state index contributed by atoms with van der Waals surface area (Å²) in [5, 5.41) is 8.85. The van der Waals surface area contributed by atoms with Crippen molar-refractivity contribution < 1.29 is 28.8 Å².